The van der Waals surface area contributed by atoms with Crippen molar-refractivity contribution in [2.24, 2.45) is 0 Å². The van der Waals surface area contributed by atoms with Crippen molar-refractivity contribution in [1.29, 1.82) is 0 Å². The van der Waals surface area contributed by atoms with Gasteiger partial charge >= 0.3 is 5.97 Å². The molecule has 7 nitrogen and oxygen atoms in total. The second-order valence-corrected chi connectivity index (χ2v) is 6.25. The maximum absolute atomic E-state index is 11.9. The van der Waals surface area contributed by atoms with Crippen molar-refractivity contribution in [1.82, 2.24) is 5.32 Å². The highest BCUT2D eigenvalue weighted by atomic mass is 35.5. The molecule has 0 radical (unpaired) electrons. The average molecular weight is 391 g/mol. The summed E-state index contributed by atoms with van der Waals surface area (Å²) in [5.74, 6) is -2.27. The minimum Gasteiger partial charge on any atom is -0.507 e. The Morgan fingerprint density at radius 1 is 1.11 bits per heavy atom. The number of esters is 1. The Balaban J connectivity index is 1.79. The fraction of sp³-hybridized carbons (Fsp3) is 0.211. The highest BCUT2D eigenvalue weighted by Gasteiger charge is 2.15. The topological polar surface area (TPSA) is 105 Å². The van der Waals surface area contributed by atoms with Gasteiger partial charge in [-0.2, -0.15) is 0 Å². The van der Waals surface area contributed by atoms with Gasteiger partial charge in [-0.05, 0) is 49.2 Å². The molecular weight excluding hydrogens is 372 g/mol. The summed E-state index contributed by atoms with van der Waals surface area (Å²) in [7, 11) is 0. The van der Waals surface area contributed by atoms with Crippen molar-refractivity contribution in [2.45, 2.75) is 13.8 Å². The van der Waals surface area contributed by atoms with Crippen molar-refractivity contribution in [3.8, 4) is 5.75 Å². The lowest BCUT2D eigenvalue weighted by atomic mass is 10.1. The van der Waals surface area contributed by atoms with Gasteiger partial charge in [-0.3, -0.25) is 9.59 Å². The molecule has 27 heavy (non-hydrogen) atoms. The molecule has 142 valence electrons. The normalized spacial score (nSPS) is 10.2. The number of aryl methyl sites for hydroxylation is 1. The van der Waals surface area contributed by atoms with E-state index in [1.807, 2.05) is 26.0 Å². The molecule has 0 fully saturated rings. The maximum Gasteiger partial charge on any atom is 0.342 e. The van der Waals surface area contributed by atoms with Gasteiger partial charge < -0.3 is 20.5 Å². The number of rotatable bonds is 6. The van der Waals surface area contributed by atoms with Gasteiger partial charge in [0, 0.05) is 10.7 Å². The number of benzene rings is 2. The predicted octanol–water partition coefficient (Wildman–Crippen LogP) is 2.57. The molecular formula is C19H19ClN2O5. The van der Waals surface area contributed by atoms with E-state index in [9.17, 15) is 19.5 Å². The molecule has 2 aromatic rings. The van der Waals surface area contributed by atoms with Crippen LogP contribution in [-0.4, -0.2) is 36.0 Å². The van der Waals surface area contributed by atoms with Gasteiger partial charge in [-0.25, -0.2) is 4.79 Å². The Bertz CT molecular complexity index is 882. The van der Waals surface area contributed by atoms with Crippen LogP contribution in [-0.2, 0) is 14.3 Å². The number of amides is 2. The summed E-state index contributed by atoms with van der Waals surface area (Å²) in [6, 6.07) is 9.41. The predicted molar refractivity (Wildman–Crippen MR) is 101 cm³/mol. The highest BCUT2D eigenvalue weighted by Crippen LogP contribution is 2.22. The summed E-state index contributed by atoms with van der Waals surface area (Å²) in [5, 5.41) is 15.0. The molecule has 0 aromatic heterocycles. The first-order valence-corrected chi connectivity index (χ1v) is 8.44. The van der Waals surface area contributed by atoms with Gasteiger partial charge in [0.2, 0.25) is 5.91 Å². The summed E-state index contributed by atoms with van der Waals surface area (Å²) < 4.78 is 4.81. The molecule has 0 saturated carbocycles. The van der Waals surface area contributed by atoms with E-state index in [0.717, 1.165) is 11.1 Å². The highest BCUT2D eigenvalue weighted by molar-refractivity contribution is 6.30. The molecule has 0 aliphatic heterocycles. The Kier molecular flexibility index (Phi) is 6.79. The summed E-state index contributed by atoms with van der Waals surface area (Å²) in [6.07, 6.45) is 0. The van der Waals surface area contributed by atoms with E-state index in [-0.39, 0.29) is 22.9 Å². The fourth-order valence-electron chi connectivity index (χ4n) is 2.20. The Morgan fingerprint density at radius 3 is 2.56 bits per heavy atom. The largest absolute Gasteiger partial charge is 0.507 e. The van der Waals surface area contributed by atoms with Crippen LogP contribution in [0.25, 0.3) is 0 Å². The zero-order chi connectivity index (χ0) is 20.0. The summed E-state index contributed by atoms with van der Waals surface area (Å²) >= 11 is 5.68. The van der Waals surface area contributed by atoms with Crippen molar-refractivity contribution < 1.29 is 24.2 Å². The number of nitrogens with one attached hydrogen (secondary N) is 2. The minimum absolute atomic E-state index is 0.111. The molecule has 2 amide bonds. The number of phenolic OH excluding ortho intramolecular Hbond substituents is 1. The van der Waals surface area contributed by atoms with E-state index >= 15 is 0 Å². The molecule has 0 heterocycles. The smallest absolute Gasteiger partial charge is 0.342 e. The average Bonchev–Trinajstić information content (AvgIpc) is 2.62. The lowest BCUT2D eigenvalue weighted by Crippen LogP contribution is -2.35. The van der Waals surface area contributed by atoms with Crippen molar-refractivity contribution in [2.75, 3.05) is 18.5 Å². The number of ether oxygens (including phenoxy) is 1. The minimum atomic E-state index is -0.876. The number of hydrogen-bond donors (Lipinski definition) is 3. The van der Waals surface area contributed by atoms with Gasteiger partial charge in [0.1, 0.15) is 11.3 Å². The van der Waals surface area contributed by atoms with E-state index in [0.29, 0.717) is 5.69 Å². The monoisotopic (exact) mass is 390 g/mol. The quantitative estimate of drug-likeness (QED) is 0.657. The third-order valence-corrected chi connectivity index (χ3v) is 4.07. The van der Waals surface area contributed by atoms with E-state index in [1.54, 1.807) is 6.07 Å². The van der Waals surface area contributed by atoms with Crippen LogP contribution in [0, 0.1) is 13.8 Å². The molecule has 0 aliphatic rings. The summed E-state index contributed by atoms with van der Waals surface area (Å²) in [4.78, 5) is 35.5. The lowest BCUT2D eigenvalue weighted by molar-refractivity contribution is -0.126. The van der Waals surface area contributed by atoms with Crippen LogP contribution >= 0.6 is 11.6 Å². The number of carbonyl (C=O) groups is 3. The first kappa shape index (κ1) is 20.3. The van der Waals surface area contributed by atoms with Crippen LogP contribution in [0.5, 0.6) is 5.75 Å². The van der Waals surface area contributed by atoms with Crippen LogP contribution in [0.2, 0.25) is 5.02 Å². The first-order chi connectivity index (χ1) is 12.8. The molecule has 0 unspecified atom stereocenters. The van der Waals surface area contributed by atoms with Crippen molar-refractivity contribution in [3.63, 3.8) is 0 Å². The second kappa shape index (κ2) is 9.05. The van der Waals surface area contributed by atoms with Crippen LogP contribution < -0.4 is 10.6 Å². The molecule has 8 heteroatoms. The maximum atomic E-state index is 11.9. The number of anilines is 1. The molecule has 0 spiro atoms. The Morgan fingerprint density at radius 2 is 1.85 bits per heavy atom. The lowest BCUT2D eigenvalue weighted by Gasteiger charge is -2.11. The van der Waals surface area contributed by atoms with Crippen LogP contribution in [0.4, 0.5) is 5.69 Å². The van der Waals surface area contributed by atoms with Gasteiger partial charge in [-0.15, -0.1) is 0 Å². The van der Waals surface area contributed by atoms with Gasteiger partial charge in [0.05, 0.1) is 6.54 Å². The fourth-order valence-corrected chi connectivity index (χ4v) is 2.36. The number of halogens is 1. The summed E-state index contributed by atoms with van der Waals surface area (Å²) in [5.41, 5.74) is 2.53. The Hall–Kier alpha value is -3.06. The standard InChI is InChI=1S/C19H19ClN2O5/c1-11-4-3-5-15(12(11)2)22-17(24)9-21-18(25)10-27-19(26)14-7-6-13(20)8-16(14)23/h3-8,23H,9-10H2,1-2H3,(H,21,25)(H,22,24). The zero-order valence-electron chi connectivity index (χ0n) is 14.8. The molecule has 3 N–H and O–H groups in total. The molecule has 0 saturated heterocycles. The van der Waals surface area contributed by atoms with E-state index < -0.39 is 24.4 Å². The zero-order valence-corrected chi connectivity index (χ0v) is 15.6. The SMILES string of the molecule is Cc1cccc(NC(=O)CNC(=O)COC(=O)c2ccc(Cl)cc2O)c1C. The van der Waals surface area contributed by atoms with Gasteiger partial charge in [0.15, 0.2) is 6.61 Å². The number of hydrogen-bond acceptors (Lipinski definition) is 5. The number of carbonyl (C=O) groups excluding carboxylic acids is 3. The van der Waals surface area contributed by atoms with Crippen LogP contribution in [0.1, 0.15) is 21.5 Å². The Labute approximate surface area is 161 Å². The second-order valence-electron chi connectivity index (χ2n) is 5.81. The number of phenols is 1. The van der Waals surface area contributed by atoms with Gasteiger partial charge in [-0.1, -0.05) is 23.7 Å². The first-order valence-electron chi connectivity index (χ1n) is 8.06. The third-order valence-electron chi connectivity index (χ3n) is 3.84. The molecule has 2 aromatic carbocycles. The molecule has 0 aliphatic carbocycles. The van der Waals surface area contributed by atoms with E-state index in [1.165, 1.54) is 18.2 Å². The summed E-state index contributed by atoms with van der Waals surface area (Å²) in [6.45, 7) is 2.96. The molecule has 0 atom stereocenters. The number of aromatic hydroxyl groups is 1. The van der Waals surface area contributed by atoms with E-state index in [2.05, 4.69) is 10.6 Å². The van der Waals surface area contributed by atoms with Crippen LogP contribution in [0.15, 0.2) is 36.4 Å². The van der Waals surface area contributed by atoms with Crippen LogP contribution in [0.3, 0.4) is 0 Å². The third kappa shape index (κ3) is 5.72. The van der Waals surface area contributed by atoms with Gasteiger partial charge in [0.25, 0.3) is 5.91 Å². The van der Waals surface area contributed by atoms with E-state index in [4.69, 9.17) is 16.3 Å². The molecule has 2 rings (SSSR count). The van der Waals surface area contributed by atoms with Crippen molar-refractivity contribution in [3.05, 3.63) is 58.1 Å². The van der Waals surface area contributed by atoms with Crippen molar-refractivity contribution >= 4 is 35.1 Å². The molecule has 0 bridgehead atoms.